The molecule has 36 heavy (non-hydrogen) atoms. The number of hydrogen-bond acceptors (Lipinski definition) is 3. The van der Waals surface area contributed by atoms with E-state index in [1.54, 1.807) is 0 Å². The minimum absolute atomic E-state index is 0.0313. The highest BCUT2D eigenvalue weighted by Gasteiger charge is 2.15. The summed E-state index contributed by atoms with van der Waals surface area (Å²) in [5.74, 6) is 0.0313. The van der Waals surface area contributed by atoms with Crippen molar-refractivity contribution in [1.29, 1.82) is 0 Å². The number of ketones is 1. The molecule has 0 heterocycles. The van der Waals surface area contributed by atoms with Crippen molar-refractivity contribution >= 4 is 28.5 Å². The van der Waals surface area contributed by atoms with E-state index in [0.717, 1.165) is 11.4 Å². The van der Waals surface area contributed by atoms with Gasteiger partial charge in [-0.05, 0) is 112 Å². The Morgan fingerprint density at radius 3 is 1.06 bits per heavy atom. The molecule has 0 amide bonds. The highest BCUT2D eigenvalue weighted by Crippen LogP contribution is 2.33. The van der Waals surface area contributed by atoms with Crippen LogP contribution in [0.25, 0.3) is 0 Å². The molecule has 0 fully saturated rings. The van der Waals surface area contributed by atoms with E-state index in [1.165, 1.54) is 44.8 Å². The molecule has 0 saturated carbocycles. The minimum Gasteiger partial charge on any atom is -0.344 e. The third-order valence-electron chi connectivity index (χ3n) is 6.98. The molecule has 0 aliphatic carbocycles. The zero-order valence-corrected chi connectivity index (χ0v) is 22.7. The van der Waals surface area contributed by atoms with Crippen molar-refractivity contribution in [2.45, 2.75) is 41.5 Å². The molecule has 0 aromatic heterocycles. The molecule has 0 N–H and O–H groups in total. The monoisotopic (exact) mass is 476 g/mol. The molecule has 0 atom stereocenters. The van der Waals surface area contributed by atoms with Crippen LogP contribution in [0.1, 0.15) is 49.3 Å². The zero-order chi connectivity index (χ0) is 26.1. The van der Waals surface area contributed by atoms with Gasteiger partial charge < -0.3 is 9.80 Å². The van der Waals surface area contributed by atoms with Gasteiger partial charge in [0.25, 0.3) is 0 Å². The summed E-state index contributed by atoms with van der Waals surface area (Å²) in [5, 5.41) is 0. The Bertz CT molecular complexity index is 1260. The smallest absolute Gasteiger partial charge is 0.193 e. The second kappa shape index (κ2) is 10.0. The van der Waals surface area contributed by atoms with Gasteiger partial charge in [-0.1, -0.05) is 35.4 Å². The van der Waals surface area contributed by atoms with E-state index < -0.39 is 0 Å². The van der Waals surface area contributed by atoms with Gasteiger partial charge in [0, 0.05) is 48.0 Å². The van der Waals surface area contributed by atoms with E-state index in [1.807, 2.05) is 48.5 Å². The summed E-state index contributed by atoms with van der Waals surface area (Å²) >= 11 is 0. The van der Waals surface area contributed by atoms with Crippen molar-refractivity contribution in [2.75, 3.05) is 23.9 Å². The van der Waals surface area contributed by atoms with Gasteiger partial charge in [0.05, 0.1) is 0 Å². The second-order valence-corrected chi connectivity index (χ2v) is 10.0. The lowest BCUT2D eigenvalue weighted by Gasteiger charge is -2.25. The predicted molar refractivity (Wildman–Crippen MR) is 154 cm³/mol. The van der Waals surface area contributed by atoms with Crippen LogP contribution in [0.5, 0.6) is 0 Å². The Morgan fingerprint density at radius 2 is 0.778 bits per heavy atom. The fraction of sp³-hybridized carbons (Fsp3) is 0.242. The molecular formula is C33H36N2O. The van der Waals surface area contributed by atoms with Crippen LogP contribution in [0.3, 0.4) is 0 Å². The molecule has 0 radical (unpaired) electrons. The Kier molecular flexibility index (Phi) is 7.03. The maximum Gasteiger partial charge on any atom is 0.193 e. The van der Waals surface area contributed by atoms with Crippen LogP contribution in [0.15, 0.2) is 72.8 Å². The Hall–Kier alpha value is -3.85. The van der Waals surface area contributed by atoms with Gasteiger partial charge in [-0.3, -0.25) is 4.79 Å². The van der Waals surface area contributed by atoms with Crippen LogP contribution < -0.4 is 9.80 Å². The molecule has 4 rings (SSSR count). The van der Waals surface area contributed by atoms with Crippen molar-refractivity contribution in [3.8, 4) is 0 Å². The van der Waals surface area contributed by atoms with Gasteiger partial charge in [-0.15, -0.1) is 0 Å². The maximum absolute atomic E-state index is 13.2. The summed E-state index contributed by atoms with van der Waals surface area (Å²) in [6, 6.07) is 24.6. The Balaban J connectivity index is 1.53. The third kappa shape index (κ3) is 4.92. The molecule has 0 aliphatic rings. The number of anilines is 4. The van der Waals surface area contributed by atoms with Crippen molar-refractivity contribution < 1.29 is 4.79 Å². The third-order valence-corrected chi connectivity index (χ3v) is 6.98. The van der Waals surface area contributed by atoms with Crippen LogP contribution in [0.4, 0.5) is 22.7 Å². The highest BCUT2D eigenvalue weighted by molar-refractivity contribution is 6.09. The van der Waals surface area contributed by atoms with Gasteiger partial charge in [-0.2, -0.15) is 0 Å². The fourth-order valence-electron chi connectivity index (χ4n) is 5.50. The predicted octanol–water partition coefficient (Wildman–Crippen LogP) is 8.30. The summed E-state index contributed by atoms with van der Waals surface area (Å²) in [7, 11) is 4.16. The van der Waals surface area contributed by atoms with E-state index in [9.17, 15) is 4.79 Å². The summed E-state index contributed by atoms with van der Waals surface area (Å²) in [5.41, 5.74) is 13.4. The van der Waals surface area contributed by atoms with Crippen molar-refractivity contribution in [3.63, 3.8) is 0 Å². The van der Waals surface area contributed by atoms with Crippen molar-refractivity contribution in [2.24, 2.45) is 0 Å². The zero-order valence-electron chi connectivity index (χ0n) is 22.7. The first-order valence-corrected chi connectivity index (χ1v) is 12.4. The van der Waals surface area contributed by atoms with Crippen LogP contribution in [0.2, 0.25) is 0 Å². The average molecular weight is 477 g/mol. The van der Waals surface area contributed by atoms with Gasteiger partial charge in [0.2, 0.25) is 0 Å². The number of aryl methyl sites for hydroxylation is 6. The van der Waals surface area contributed by atoms with Crippen LogP contribution in [-0.2, 0) is 0 Å². The van der Waals surface area contributed by atoms with Gasteiger partial charge >= 0.3 is 0 Å². The fourth-order valence-corrected chi connectivity index (χ4v) is 5.50. The Labute approximate surface area is 216 Å². The molecule has 3 heteroatoms. The largest absolute Gasteiger partial charge is 0.344 e. The van der Waals surface area contributed by atoms with Crippen molar-refractivity contribution in [1.82, 2.24) is 0 Å². The number of carbonyl (C=O) groups excluding carboxylic acids is 1. The first-order valence-electron chi connectivity index (χ1n) is 12.4. The topological polar surface area (TPSA) is 23.6 Å². The number of benzene rings is 4. The lowest BCUT2D eigenvalue weighted by molar-refractivity contribution is 0.103. The van der Waals surface area contributed by atoms with E-state index in [4.69, 9.17) is 0 Å². The molecule has 0 spiro atoms. The van der Waals surface area contributed by atoms with Crippen LogP contribution >= 0.6 is 0 Å². The standard InChI is InChI=1S/C33H36N2O/c1-21-17-23(3)31(24(4)18-21)34(7)29-13-9-27(10-14-29)33(36)28-11-15-30(16-12-28)35(8)32-25(5)19-22(2)20-26(32)6/h9-20H,1-8H3. The highest BCUT2D eigenvalue weighted by atomic mass is 16.1. The lowest BCUT2D eigenvalue weighted by Crippen LogP contribution is -2.13. The number of nitrogens with zero attached hydrogens (tertiary/aromatic N) is 2. The van der Waals surface area contributed by atoms with E-state index in [0.29, 0.717) is 11.1 Å². The molecule has 0 unspecified atom stereocenters. The maximum atomic E-state index is 13.2. The molecular weight excluding hydrogens is 440 g/mol. The van der Waals surface area contributed by atoms with E-state index in [-0.39, 0.29) is 5.78 Å². The first-order chi connectivity index (χ1) is 17.1. The summed E-state index contributed by atoms with van der Waals surface area (Å²) in [6.45, 7) is 12.8. The molecule has 4 aromatic carbocycles. The summed E-state index contributed by atoms with van der Waals surface area (Å²) in [6.07, 6.45) is 0. The van der Waals surface area contributed by atoms with Gasteiger partial charge in [0.1, 0.15) is 0 Å². The van der Waals surface area contributed by atoms with Crippen LogP contribution in [0, 0.1) is 41.5 Å². The number of carbonyl (C=O) groups is 1. The number of hydrogen-bond donors (Lipinski definition) is 0. The molecule has 3 nitrogen and oxygen atoms in total. The first kappa shape index (κ1) is 25.2. The van der Waals surface area contributed by atoms with Gasteiger partial charge in [-0.25, -0.2) is 0 Å². The SMILES string of the molecule is Cc1cc(C)c(N(C)c2ccc(C(=O)c3ccc(N(C)c4c(C)cc(C)cc4C)cc3)cc2)c(C)c1. The second-order valence-electron chi connectivity index (χ2n) is 10.0. The summed E-state index contributed by atoms with van der Waals surface area (Å²) in [4.78, 5) is 17.6. The average Bonchev–Trinajstić information content (AvgIpc) is 2.82. The molecule has 184 valence electrons. The molecule has 0 saturated heterocycles. The van der Waals surface area contributed by atoms with E-state index >= 15 is 0 Å². The lowest BCUT2D eigenvalue weighted by atomic mass is 10.0. The normalized spacial score (nSPS) is 10.9. The molecule has 4 aromatic rings. The molecule has 0 aliphatic heterocycles. The quantitative estimate of drug-likeness (QED) is 0.261. The van der Waals surface area contributed by atoms with E-state index in [2.05, 4.69) is 89.7 Å². The summed E-state index contributed by atoms with van der Waals surface area (Å²) < 4.78 is 0. The van der Waals surface area contributed by atoms with Crippen LogP contribution in [-0.4, -0.2) is 19.9 Å². The minimum atomic E-state index is 0.0313. The van der Waals surface area contributed by atoms with Gasteiger partial charge in [0.15, 0.2) is 5.78 Å². The van der Waals surface area contributed by atoms with Crippen molar-refractivity contribution in [3.05, 3.63) is 117 Å². The molecule has 0 bridgehead atoms. The Morgan fingerprint density at radius 1 is 0.500 bits per heavy atom. The number of rotatable bonds is 6.